The van der Waals surface area contributed by atoms with E-state index in [1.807, 2.05) is 18.2 Å². The van der Waals surface area contributed by atoms with Crippen molar-refractivity contribution >= 4 is 23.2 Å². The predicted molar refractivity (Wildman–Crippen MR) is 92.4 cm³/mol. The molecule has 0 spiro atoms. The zero-order chi connectivity index (χ0) is 16.7. The molecule has 1 N–H and O–H groups in total. The minimum atomic E-state index is -0.142. The molecular formula is C20H18N2O2. The number of hydrogen-bond donors (Lipinski definition) is 1. The van der Waals surface area contributed by atoms with Crippen LogP contribution in [-0.4, -0.2) is 5.91 Å². The van der Waals surface area contributed by atoms with Crippen LogP contribution in [0.3, 0.4) is 0 Å². The number of furan rings is 1. The Morgan fingerprint density at radius 2 is 2.17 bits per heavy atom. The van der Waals surface area contributed by atoms with Crippen molar-refractivity contribution in [1.29, 1.82) is 5.26 Å². The molecule has 1 aromatic heterocycles. The maximum absolute atomic E-state index is 12.4. The zero-order valence-corrected chi connectivity index (χ0v) is 13.6. The van der Waals surface area contributed by atoms with Crippen molar-refractivity contribution < 1.29 is 9.21 Å². The minimum Gasteiger partial charge on any atom is -0.460 e. The summed E-state index contributed by atoms with van der Waals surface area (Å²) in [6.45, 7) is 2.09. The molecule has 0 saturated heterocycles. The molecule has 0 unspecified atom stereocenters. The number of benzene rings is 1. The number of nitrogens with zero attached hydrogens (tertiary/aromatic N) is 1. The first kappa shape index (κ1) is 14.8. The SMILES string of the molecule is CCc1ccc2c(c1)C(=Cc1oc3c(c1C#N)CCCC3)C(=O)N2. The third kappa shape index (κ3) is 2.25. The lowest BCUT2D eigenvalue weighted by molar-refractivity contribution is -0.110. The van der Waals surface area contributed by atoms with Crippen LogP contribution in [0.5, 0.6) is 0 Å². The molecule has 4 heteroatoms. The summed E-state index contributed by atoms with van der Waals surface area (Å²) < 4.78 is 5.93. The molecule has 1 aliphatic carbocycles. The van der Waals surface area contributed by atoms with Crippen LogP contribution in [0.1, 0.15) is 53.5 Å². The minimum absolute atomic E-state index is 0.142. The first-order chi connectivity index (χ1) is 11.7. The smallest absolute Gasteiger partial charge is 0.256 e. The van der Waals surface area contributed by atoms with E-state index in [0.717, 1.165) is 54.7 Å². The van der Waals surface area contributed by atoms with Crippen LogP contribution < -0.4 is 5.32 Å². The Hall–Kier alpha value is -2.80. The Morgan fingerprint density at radius 3 is 2.96 bits per heavy atom. The highest BCUT2D eigenvalue weighted by Crippen LogP contribution is 2.36. The lowest BCUT2D eigenvalue weighted by atomic mass is 9.94. The van der Waals surface area contributed by atoms with Gasteiger partial charge in [-0.3, -0.25) is 4.79 Å². The number of nitriles is 1. The Morgan fingerprint density at radius 1 is 1.33 bits per heavy atom. The fourth-order valence-electron chi connectivity index (χ4n) is 3.54. The predicted octanol–water partition coefficient (Wildman–Crippen LogP) is 4.09. The number of anilines is 1. The number of aryl methyl sites for hydroxylation is 2. The van der Waals surface area contributed by atoms with Crippen LogP contribution >= 0.6 is 0 Å². The number of rotatable bonds is 2. The van der Waals surface area contributed by atoms with E-state index < -0.39 is 0 Å². The molecule has 2 aromatic rings. The van der Waals surface area contributed by atoms with E-state index in [-0.39, 0.29) is 5.91 Å². The molecule has 0 bridgehead atoms. The van der Waals surface area contributed by atoms with Gasteiger partial charge in [0.1, 0.15) is 23.2 Å². The van der Waals surface area contributed by atoms with Crippen molar-refractivity contribution in [2.75, 3.05) is 5.32 Å². The Balaban J connectivity index is 1.84. The van der Waals surface area contributed by atoms with Crippen molar-refractivity contribution in [2.24, 2.45) is 0 Å². The van der Waals surface area contributed by atoms with Gasteiger partial charge in [0.2, 0.25) is 0 Å². The van der Waals surface area contributed by atoms with Crippen molar-refractivity contribution in [3.8, 4) is 6.07 Å². The highest BCUT2D eigenvalue weighted by atomic mass is 16.3. The summed E-state index contributed by atoms with van der Waals surface area (Å²) in [5.41, 5.74) is 5.07. The quantitative estimate of drug-likeness (QED) is 0.848. The molecule has 0 saturated carbocycles. The van der Waals surface area contributed by atoms with Gasteiger partial charge in [0, 0.05) is 23.2 Å². The molecule has 1 amide bonds. The van der Waals surface area contributed by atoms with Crippen LogP contribution in [0.4, 0.5) is 5.69 Å². The van der Waals surface area contributed by atoms with Crippen molar-refractivity contribution in [3.63, 3.8) is 0 Å². The normalized spacial score (nSPS) is 17.3. The Labute approximate surface area is 140 Å². The van der Waals surface area contributed by atoms with E-state index in [1.54, 1.807) is 6.08 Å². The van der Waals surface area contributed by atoms with E-state index in [2.05, 4.69) is 18.3 Å². The Bertz CT molecular complexity index is 912. The summed E-state index contributed by atoms with van der Waals surface area (Å²) in [4.78, 5) is 12.4. The number of fused-ring (bicyclic) bond motifs is 2. The molecule has 1 aromatic carbocycles. The summed E-state index contributed by atoms with van der Waals surface area (Å²) in [5, 5.41) is 12.4. The van der Waals surface area contributed by atoms with Crippen molar-refractivity contribution in [1.82, 2.24) is 0 Å². The average Bonchev–Trinajstić information content (AvgIpc) is 3.11. The van der Waals surface area contributed by atoms with Crippen molar-refractivity contribution in [3.05, 3.63) is 52.0 Å². The lowest BCUT2D eigenvalue weighted by Crippen LogP contribution is -2.03. The molecule has 0 radical (unpaired) electrons. The van der Waals surface area contributed by atoms with Crippen LogP contribution in [-0.2, 0) is 24.1 Å². The molecule has 2 aliphatic rings. The van der Waals surface area contributed by atoms with E-state index in [0.29, 0.717) is 16.9 Å². The zero-order valence-electron chi connectivity index (χ0n) is 13.6. The van der Waals surface area contributed by atoms with Crippen LogP contribution in [0.25, 0.3) is 11.6 Å². The van der Waals surface area contributed by atoms with Gasteiger partial charge in [0.05, 0.1) is 5.57 Å². The van der Waals surface area contributed by atoms with Crippen molar-refractivity contribution in [2.45, 2.75) is 39.0 Å². The van der Waals surface area contributed by atoms with Gasteiger partial charge in [-0.1, -0.05) is 13.0 Å². The van der Waals surface area contributed by atoms with E-state index in [4.69, 9.17) is 4.42 Å². The van der Waals surface area contributed by atoms with Crippen LogP contribution in [0.2, 0.25) is 0 Å². The fourth-order valence-corrected chi connectivity index (χ4v) is 3.54. The first-order valence-corrected chi connectivity index (χ1v) is 8.42. The average molecular weight is 318 g/mol. The second kappa shape index (κ2) is 5.68. The third-order valence-corrected chi connectivity index (χ3v) is 4.86. The topological polar surface area (TPSA) is 66.0 Å². The van der Waals surface area contributed by atoms with E-state index >= 15 is 0 Å². The molecular weight excluding hydrogens is 300 g/mol. The molecule has 4 rings (SSSR count). The molecule has 4 nitrogen and oxygen atoms in total. The van der Waals surface area contributed by atoms with Gasteiger partial charge in [-0.15, -0.1) is 0 Å². The molecule has 0 atom stereocenters. The van der Waals surface area contributed by atoms with Gasteiger partial charge in [0.15, 0.2) is 0 Å². The molecule has 0 fully saturated rings. The number of carbonyl (C=O) groups is 1. The number of hydrogen-bond acceptors (Lipinski definition) is 3. The summed E-state index contributed by atoms with van der Waals surface area (Å²) in [7, 11) is 0. The maximum atomic E-state index is 12.4. The lowest BCUT2D eigenvalue weighted by Gasteiger charge is -2.07. The summed E-state index contributed by atoms with van der Waals surface area (Å²) in [5.74, 6) is 1.28. The first-order valence-electron chi connectivity index (χ1n) is 8.42. The monoisotopic (exact) mass is 318 g/mol. The number of amides is 1. The third-order valence-electron chi connectivity index (χ3n) is 4.86. The molecule has 120 valence electrons. The number of nitrogens with one attached hydrogen (secondary N) is 1. The van der Waals surface area contributed by atoms with Gasteiger partial charge in [-0.2, -0.15) is 5.26 Å². The highest BCUT2D eigenvalue weighted by molar-refractivity contribution is 6.34. The molecule has 1 aliphatic heterocycles. The van der Waals surface area contributed by atoms with E-state index in [1.165, 1.54) is 5.56 Å². The van der Waals surface area contributed by atoms with Gasteiger partial charge >= 0.3 is 0 Å². The summed E-state index contributed by atoms with van der Waals surface area (Å²) >= 11 is 0. The standard InChI is InChI=1S/C20H18N2O2/c1-2-12-7-8-17-14(9-12)15(20(23)22-17)10-19-16(11-21)13-5-3-4-6-18(13)24-19/h7-10H,2-6H2,1H3,(H,22,23). The highest BCUT2D eigenvalue weighted by Gasteiger charge is 2.27. The van der Waals surface area contributed by atoms with Crippen LogP contribution in [0, 0.1) is 11.3 Å². The maximum Gasteiger partial charge on any atom is 0.256 e. The molecule has 24 heavy (non-hydrogen) atoms. The van der Waals surface area contributed by atoms with Gasteiger partial charge in [-0.25, -0.2) is 0 Å². The fraction of sp³-hybridized carbons (Fsp3) is 0.300. The molecule has 2 heterocycles. The van der Waals surface area contributed by atoms with E-state index in [9.17, 15) is 10.1 Å². The second-order valence-electron chi connectivity index (χ2n) is 6.31. The van der Waals surface area contributed by atoms with Gasteiger partial charge in [0.25, 0.3) is 5.91 Å². The largest absolute Gasteiger partial charge is 0.460 e. The number of carbonyl (C=O) groups excluding carboxylic acids is 1. The summed E-state index contributed by atoms with van der Waals surface area (Å²) in [6, 6.07) is 8.26. The van der Waals surface area contributed by atoms with Gasteiger partial charge < -0.3 is 9.73 Å². The Kier molecular flexibility index (Phi) is 3.50. The van der Waals surface area contributed by atoms with Gasteiger partial charge in [-0.05, 0) is 49.5 Å². The second-order valence-corrected chi connectivity index (χ2v) is 6.31. The van der Waals surface area contributed by atoms with Crippen LogP contribution in [0.15, 0.2) is 22.6 Å². The summed E-state index contributed by atoms with van der Waals surface area (Å²) in [6.07, 6.45) is 6.57.